The maximum Gasteiger partial charge on any atom is 0.306 e. The highest BCUT2D eigenvalue weighted by Crippen LogP contribution is 2.31. The van der Waals surface area contributed by atoms with Crippen LogP contribution in [0.3, 0.4) is 0 Å². The summed E-state index contributed by atoms with van der Waals surface area (Å²) in [5, 5.41) is 3.99. The highest BCUT2D eigenvalue weighted by atomic mass is 32.2. The third-order valence-electron chi connectivity index (χ3n) is 3.15. The fraction of sp³-hybridized carbons (Fsp3) is 0.786. The molecule has 6 nitrogen and oxygen atoms in total. The molecule has 1 aliphatic heterocycles. The van der Waals surface area contributed by atoms with Gasteiger partial charge in [-0.05, 0) is 39.4 Å². The van der Waals surface area contributed by atoms with Crippen molar-refractivity contribution in [3.63, 3.8) is 0 Å². The first-order valence-corrected chi connectivity index (χ1v) is 8.35. The predicted octanol–water partition coefficient (Wildman–Crippen LogP) is 2.02. The van der Waals surface area contributed by atoms with E-state index in [0.717, 1.165) is 24.3 Å². The molecule has 1 fully saturated rings. The zero-order valence-corrected chi connectivity index (χ0v) is 13.7. The van der Waals surface area contributed by atoms with E-state index in [-0.39, 0.29) is 12.4 Å². The number of hydrogen-bond donors (Lipinski definition) is 1. The van der Waals surface area contributed by atoms with Crippen LogP contribution in [-0.2, 0) is 21.5 Å². The molecule has 118 valence electrons. The molecule has 0 aromatic carbocycles. The van der Waals surface area contributed by atoms with Crippen molar-refractivity contribution in [2.24, 2.45) is 5.73 Å². The molecule has 1 aliphatic rings. The van der Waals surface area contributed by atoms with E-state index in [1.165, 1.54) is 0 Å². The van der Waals surface area contributed by atoms with Gasteiger partial charge >= 0.3 is 5.97 Å². The summed E-state index contributed by atoms with van der Waals surface area (Å²) >= 11 is 1.81. The number of nitrogens with two attached hydrogens (primary N) is 1. The fourth-order valence-electron chi connectivity index (χ4n) is 2.15. The van der Waals surface area contributed by atoms with Gasteiger partial charge < -0.3 is 15.0 Å². The van der Waals surface area contributed by atoms with Crippen LogP contribution in [0.25, 0.3) is 0 Å². The first-order chi connectivity index (χ1) is 9.78. The zero-order chi connectivity index (χ0) is 15.5. The Balaban J connectivity index is 1.90. The van der Waals surface area contributed by atoms with Gasteiger partial charge in [0.15, 0.2) is 5.82 Å². The van der Waals surface area contributed by atoms with Gasteiger partial charge in [-0.25, -0.2) is 0 Å². The number of carbonyl (C=O) groups is 1. The number of thioether (sulfide) groups is 1. The van der Waals surface area contributed by atoms with Crippen LogP contribution in [0.1, 0.15) is 51.7 Å². The van der Waals surface area contributed by atoms with Crippen LogP contribution >= 0.6 is 11.8 Å². The Morgan fingerprint density at radius 1 is 1.52 bits per heavy atom. The monoisotopic (exact) mass is 313 g/mol. The van der Waals surface area contributed by atoms with E-state index in [2.05, 4.69) is 10.1 Å². The zero-order valence-electron chi connectivity index (χ0n) is 12.8. The van der Waals surface area contributed by atoms with Gasteiger partial charge in [0.2, 0.25) is 5.89 Å². The second kappa shape index (κ2) is 6.36. The summed E-state index contributed by atoms with van der Waals surface area (Å²) in [6, 6.07) is 0. The van der Waals surface area contributed by atoms with E-state index in [1.807, 2.05) is 32.5 Å². The van der Waals surface area contributed by atoms with Crippen LogP contribution in [0.2, 0.25) is 0 Å². The van der Waals surface area contributed by atoms with Crippen LogP contribution in [0, 0.1) is 0 Å². The molecule has 2 heterocycles. The third-order valence-corrected chi connectivity index (χ3v) is 4.44. The summed E-state index contributed by atoms with van der Waals surface area (Å²) in [5.41, 5.74) is 5.36. The number of hydrogen-bond acceptors (Lipinski definition) is 7. The van der Waals surface area contributed by atoms with E-state index >= 15 is 0 Å². The van der Waals surface area contributed by atoms with Crippen LogP contribution < -0.4 is 5.73 Å². The fourth-order valence-corrected chi connectivity index (χ4v) is 3.28. The van der Waals surface area contributed by atoms with E-state index in [9.17, 15) is 4.79 Å². The Bertz CT molecular complexity index is 490. The number of carbonyl (C=O) groups excluding carboxylic acids is 1. The normalized spacial score (nSPS) is 23.0. The Morgan fingerprint density at radius 3 is 2.90 bits per heavy atom. The molecule has 1 atom stereocenters. The van der Waals surface area contributed by atoms with Gasteiger partial charge in [0.1, 0.15) is 5.60 Å². The van der Waals surface area contributed by atoms with Crippen LogP contribution in [0.5, 0.6) is 0 Å². The minimum absolute atomic E-state index is 0.227. The van der Waals surface area contributed by atoms with Gasteiger partial charge in [-0.15, -0.1) is 0 Å². The maximum atomic E-state index is 11.7. The average molecular weight is 313 g/mol. The van der Waals surface area contributed by atoms with Crippen LogP contribution in [-0.4, -0.2) is 33.2 Å². The SMILES string of the molecule is CC(C)(C)OC(=O)CCc1nc(C2(N)CCCSC2)no1. The van der Waals surface area contributed by atoms with Crippen molar-refractivity contribution in [1.82, 2.24) is 10.1 Å². The number of rotatable bonds is 4. The first kappa shape index (κ1) is 16.3. The number of ether oxygens (including phenoxy) is 1. The molecule has 0 radical (unpaired) electrons. The van der Waals surface area contributed by atoms with Crippen LogP contribution in [0.15, 0.2) is 4.52 Å². The van der Waals surface area contributed by atoms with Gasteiger partial charge in [0.25, 0.3) is 0 Å². The molecule has 1 unspecified atom stereocenters. The number of esters is 1. The van der Waals surface area contributed by atoms with Gasteiger partial charge in [0, 0.05) is 12.2 Å². The van der Waals surface area contributed by atoms with Crippen molar-refractivity contribution in [3.8, 4) is 0 Å². The van der Waals surface area contributed by atoms with Gasteiger partial charge in [0.05, 0.1) is 12.0 Å². The molecule has 21 heavy (non-hydrogen) atoms. The quantitative estimate of drug-likeness (QED) is 0.850. The van der Waals surface area contributed by atoms with Crippen molar-refractivity contribution >= 4 is 17.7 Å². The van der Waals surface area contributed by atoms with Crippen molar-refractivity contribution < 1.29 is 14.1 Å². The highest BCUT2D eigenvalue weighted by Gasteiger charge is 2.34. The summed E-state index contributed by atoms with van der Waals surface area (Å²) in [6.07, 6.45) is 2.53. The summed E-state index contributed by atoms with van der Waals surface area (Å²) in [4.78, 5) is 16.0. The lowest BCUT2D eigenvalue weighted by Gasteiger charge is -2.29. The van der Waals surface area contributed by atoms with Crippen molar-refractivity contribution in [1.29, 1.82) is 0 Å². The largest absolute Gasteiger partial charge is 0.460 e. The van der Waals surface area contributed by atoms with Crippen molar-refractivity contribution in [3.05, 3.63) is 11.7 Å². The lowest BCUT2D eigenvalue weighted by Crippen LogP contribution is -2.42. The van der Waals surface area contributed by atoms with E-state index in [4.69, 9.17) is 15.0 Å². The molecule has 0 aliphatic carbocycles. The smallest absolute Gasteiger partial charge is 0.306 e. The Hall–Kier alpha value is -1.08. The molecular weight excluding hydrogens is 290 g/mol. The topological polar surface area (TPSA) is 91.2 Å². The molecule has 0 amide bonds. The molecule has 2 N–H and O–H groups in total. The summed E-state index contributed by atoms with van der Waals surface area (Å²) < 4.78 is 10.5. The lowest BCUT2D eigenvalue weighted by molar-refractivity contribution is -0.154. The predicted molar refractivity (Wildman–Crippen MR) is 80.9 cm³/mol. The second-order valence-corrected chi connectivity index (χ2v) is 7.52. The molecular formula is C14H23N3O3S. The standard InChI is InChI=1S/C14H23N3O3S/c1-13(2,3)19-11(18)6-5-10-16-12(17-20-10)14(15)7-4-8-21-9-14/h4-9,15H2,1-3H3. The third kappa shape index (κ3) is 4.71. The maximum absolute atomic E-state index is 11.7. The Morgan fingerprint density at radius 2 is 2.29 bits per heavy atom. The number of aryl methyl sites for hydroxylation is 1. The summed E-state index contributed by atoms with van der Waals surface area (Å²) in [5.74, 6) is 2.66. The average Bonchev–Trinajstić information content (AvgIpc) is 2.85. The number of nitrogens with zero attached hydrogens (tertiary/aromatic N) is 2. The van der Waals surface area contributed by atoms with Gasteiger partial charge in [-0.2, -0.15) is 16.7 Å². The molecule has 1 aromatic heterocycles. The van der Waals surface area contributed by atoms with Gasteiger partial charge in [-0.3, -0.25) is 4.79 Å². The Labute approximate surface area is 129 Å². The van der Waals surface area contributed by atoms with Crippen LogP contribution in [0.4, 0.5) is 0 Å². The molecule has 7 heteroatoms. The first-order valence-electron chi connectivity index (χ1n) is 7.20. The molecule has 2 rings (SSSR count). The lowest BCUT2D eigenvalue weighted by atomic mass is 9.96. The van der Waals surface area contributed by atoms with E-state index in [1.54, 1.807) is 0 Å². The van der Waals surface area contributed by atoms with E-state index < -0.39 is 11.1 Å². The molecule has 1 aromatic rings. The Kier molecular flexibility index (Phi) is 4.93. The number of aromatic nitrogens is 2. The molecule has 0 saturated carbocycles. The van der Waals surface area contributed by atoms with Crippen molar-refractivity contribution in [2.45, 2.75) is 57.6 Å². The molecule has 0 spiro atoms. The highest BCUT2D eigenvalue weighted by molar-refractivity contribution is 7.99. The second-order valence-electron chi connectivity index (χ2n) is 6.41. The molecule has 1 saturated heterocycles. The minimum Gasteiger partial charge on any atom is -0.460 e. The van der Waals surface area contributed by atoms with Crippen molar-refractivity contribution in [2.75, 3.05) is 11.5 Å². The summed E-state index contributed by atoms with van der Waals surface area (Å²) in [6.45, 7) is 5.53. The molecule has 0 bridgehead atoms. The minimum atomic E-state index is -0.503. The van der Waals surface area contributed by atoms with Gasteiger partial charge in [-0.1, -0.05) is 5.16 Å². The summed E-state index contributed by atoms with van der Waals surface area (Å²) in [7, 11) is 0. The van der Waals surface area contributed by atoms with E-state index in [0.29, 0.717) is 18.1 Å².